The Hall–Kier alpha value is -0.910. The average Bonchev–Trinajstić information content (AvgIpc) is 2.07. The van der Waals surface area contributed by atoms with E-state index in [1.54, 1.807) is 0 Å². The van der Waals surface area contributed by atoms with Gasteiger partial charge < -0.3 is 14.8 Å². The van der Waals surface area contributed by atoms with Crippen molar-refractivity contribution in [2.24, 2.45) is 0 Å². The van der Waals surface area contributed by atoms with E-state index in [2.05, 4.69) is 0 Å². The molecule has 1 aromatic rings. The van der Waals surface area contributed by atoms with Crippen molar-refractivity contribution < 1.29 is 19.0 Å². The van der Waals surface area contributed by atoms with Crippen molar-refractivity contribution in [3.8, 4) is 5.75 Å². The second-order valence-corrected chi connectivity index (χ2v) is 3.47. The molecule has 1 rings (SSSR count). The fourth-order valence-corrected chi connectivity index (χ4v) is 1.44. The van der Waals surface area contributed by atoms with Crippen LogP contribution in [-0.4, -0.2) is 19.0 Å². The molecule has 0 aliphatic carbocycles. The van der Waals surface area contributed by atoms with Gasteiger partial charge in [-0.25, -0.2) is 0 Å². The summed E-state index contributed by atoms with van der Waals surface area (Å²) in [5.74, 6) is -0.129. The van der Waals surface area contributed by atoms with E-state index in [0.29, 0.717) is 11.1 Å². The molecule has 0 aliphatic heterocycles. The molecule has 0 aliphatic rings. The van der Waals surface area contributed by atoms with E-state index in [9.17, 15) is 8.76 Å². The second-order valence-electron chi connectivity index (χ2n) is 2.57. The van der Waals surface area contributed by atoms with Crippen LogP contribution in [0.15, 0.2) is 18.2 Å². The highest BCUT2D eigenvalue weighted by molar-refractivity contribution is 7.78. The summed E-state index contributed by atoms with van der Waals surface area (Å²) in [6, 6.07) is 4.34. The molecular weight excluding hydrogens is 192 g/mol. The maximum Gasteiger partial charge on any atom is 0.121 e. The molecule has 0 radical (unpaired) electrons. The van der Waals surface area contributed by atoms with Gasteiger partial charge in [-0.05, 0) is 17.7 Å². The van der Waals surface area contributed by atoms with E-state index in [4.69, 9.17) is 10.2 Å². The summed E-state index contributed by atoms with van der Waals surface area (Å²) in [4.78, 5) is 0. The normalized spacial score (nSPS) is 12.8. The summed E-state index contributed by atoms with van der Waals surface area (Å²) in [6.07, 6.45) is 0. The van der Waals surface area contributed by atoms with Gasteiger partial charge in [0.05, 0.1) is 6.61 Å². The molecule has 1 aromatic carbocycles. The first kappa shape index (κ1) is 10.2. The SMILES string of the molecule is O=S([O-])Cc1ccc(O)c(CO)c1. The number of benzene rings is 1. The van der Waals surface area contributed by atoms with E-state index < -0.39 is 11.1 Å². The van der Waals surface area contributed by atoms with Crippen molar-refractivity contribution in [3.05, 3.63) is 29.3 Å². The molecule has 2 N–H and O–H groups in total. The van der Waals surface area contributed by atoms with Crippen molar-refractivity contribution in [1.82, 2.24) is 0 Å². The molecule has 13 heavy (non-hydrogen) atoms. The Balaban J connectivity index is 2.92. The first-order valence-electron chi connectivity index (χ1n) is 3.61. The summed E-state index contributed by atoms with van der Waals surface area (Å²) in [7, 11) is 0. The molecule has 0 spiro atoms. The Labute approximate surface area is 78.1 Å². The number of hydrogen-bond donors (Lipinski definition) is 2. The first-order valence-corrected chi connectivity index (χ1v) is 4.85. The van der Waals surface area contributed by atoms with E-state index in [1.807, 2.05) is 0 Å². The number of aromatic hydroxyl groups is 1. The van der Waals surface area contributed by atoms with Gasteiger partial charge in [-0.15, -0.1) is 0 Å². The van der Waals surface area contributed by atoms with Gasteiger partial charge in [-0.1, -0.05) is 17.1 Å². The van der Waals surface area contributed by atoms with Crippen LogP contribution in [0.4, 0.5) is 0 Å². The molecule has 0 heterocycles. The lowest BCUT2D eigenvalue weighted by atomic mass is 10.1. The molecular formula is C8H9O4S-. The van der Waals surface area contributed by atoms with E-state index in [-0.39, 0.29) is 18.1 Å². The molecule has 0 amide bonds. The Morgan fingerprint density at radius 3 is 2.69 bits per heavy atom. The number of aliphatic hydroxyl groups is 1. The summed E-state index contributed by atoms with van der Waals surface area (Å²) in [5, 5.41) is 17.9. The number of rotatable bonds is 3. The van der Waals surface area contributed by atoms with Crippen LogP contribution < -0.4 is 0 Å². The molecule has 0 fully saturated rings. The average molecular weight is 201 g/mol. The number of aliphatic hydroxyl groups excluding tert-OH is 1. The van der Waals surface area contributed by atoms with Gasteiger partial charge in [0.15, 0.2) is 0 Å². The van der Waals surface area contributed by atoms with Crippen molar-refractivity contribution in [1.29, 1.82) is 0 Å². The number of hydrogen-bond acceptors (Lipinski definition) is 4. The lowest BCUT2D eigenvalue weighted by molar-refractivity contribution is 0.275. The molecule has 0 bridgehead atoms. The lowest BCUT2D eigenvalue weighted by Gasteiger charge is -2.07. The minimum absolute atomic E-state index is 0.0251. The molecule has 1 atom stereocenters. The molecule has 1 unspecified atom stereocenters. The summed E-state index contributed by atoms with van der Waals surface area (Å²) < 4.78 is 20.7. The highest BCUT2D eigenvalue weighted by Crippen LogP contribution is 2.18. The molecule has 0 saturated heterocycles. The van der Waals surface area contributed by atoms with Crippen LogP contribution in [0.1, 0.15) is 11.1 Å². The van der Waals surface area contributed by atoms with Gasteiger partial charge in [-0.2, -0.15) is 0 Å². The Morgan fingerprint density at radius 2 is 2.15 bits per heavy atom. The third kappa shape index (κ3) is 2.80. The topological polar surface area (TPSA) is 80.6 Å². The van der Waals surface area contributed by atoms with E-state index >= 15 is 0 Å². The predicted molar refractivity (Wildman–Crippen MR) is 46.7 cm³/mol. The molecule has 72 valence electrons. The Morgan fingerprint density at radius 1 is 1.46 bits per heavy atom. The maximum atomic E-state index is 10.3. The zero-order valence-corrected chi connectivity index (χ0v) is 7.58. The molecule has 5 heteroatoms. The van der Waals surface area contributed by atoms with Crippen LogP contribution in [0, 0.1) is 0 Å². The zero-order valence-electron chi connectivity index (χ0n) is 6.77. The third-order valence-electron chi connectivity index (χ3n) is 1.60. The molecule has 4 nitrogen and oxygen atoms in total. The Kier molecular flexibility index (Phi) is 3.41. The van der Waals surface area contributed by atoms with Crippen LogP contribution in [0.25, 0.3) is 0 Å². The van der Waals surface area contributed by atoms with Gasteiger partial charge in [0.25, 0.3) is 0 Å². The first-order chi connectivity index (χ1) is 6.13. The molecule has 0 saturated carbocycles. The molecule has 0 aromatic heterocycles. The van der Waals surface area contributed by atoms with Crippen LogP contribution in [-0.2, 0) is 23.4 Å². The maximum absolute atomic E-state index is 10.3. The fourth-order valence-electron chi connectivity index (χ4n) is 0.991. The highest BCUT2D eigenvalue weighted by Gasteiger charge is 2.01. The summed E-state index contributed by atoms with van der Waals surface area (Å²) >= 11 is -2.15. The minimum Gasteiger partial charge on any atom is -0.772 e. The predicted octanol–water partition coefficient (Wildman–Crippen LogP) is 0.264. The highest BCUT2D eigenvalue weighted by atomic mass is 32.2. The third-order valence-corrected chi connectivity index (χ3v) is 2.17. The van der Waals surface area contributed by atoms with Crippen molar-refractivity contribution in [3.63, 3.8) is 0 Å². The van der Waals surface area contributed by atoms with E-state index in [1.165, 1.54) is 18.2 Å². The van der Waals surface area contributed by atoms with Crippen LogP contribution in [0.3, 0.4) is 0 Å². The summed E-state index contributed by atoms with van der Waals surface area (Å²) in [6.45, 7) is -0.300. The van der Waals surface area contributed by atoms with Crippen LogP contribution >= 0.6 is 0 Å². The number of phenols is 1. The fraction of sp³-hybridized carbons (Fsp3) is 0.250. The van der Waals surface area contributed by atoms with Crippen molar-refractivity contribution in [2.75, 3.05) is 0 Å². The van der Waals surface area contributed by atoms with E-state index in [0.717, 1.165) is 0 Å². The van der Waals surface area contributed by atoms with Gasteiger partial charge in [0.2, 0.25) is 0 Å². The minimum atomic E-state index is -2.15. The van der Waals surface area contributed by atoms with Gasteiger partial charge >= 0.3 is 0 Å². The quantitative estimate of drug-likeness (QED) is 0.687. The Bertz CT molecular complexity index is 324. The second kappa shape index (κ2) is 4.36. The largest absolute Gasteiger partial charge is 0.772 e. The zero-order chi connectivity index (χ0) is 9.84. The lowest BCUT2D eigenvalue weighted by Crippen LogP contribution is -1.95. The van der Waals surface area contributed by atoms with Crippen molar-refractivity contribution in [2.45, 2.75) is 12.4 Å². The van der Waals surface area contributed by atoms with Crippen LogP contribution in [0.2, 0.25) is 0 Å². The van der Waals surface area contributed by atoms with Gasteiger partial charge in [0.1, 0.15) is 5.75 Å². The smallest absolute Gasteiger partial charge is 0.121 e. The summed E-state index contributed by atoms with van der Waals surface area (Å²) in [5.41, 5.74) is 0.887. The van der Waals surface area contributed by atoms with Gasteiger partial charge in [0, 0.05) is 11.3 Å². The van der Waals surface area contributed by atoms with Gasteiger partial charge in [-0.3, -0.25) is 4.21 Å². The van der Waals surface area contributed by atoms with Crippen LogP contribution in [0.5, 0.6) is 5.75 Å². The standard InChI is InChI=1S/C8H10O4S/c9-4-7-3-6(5-13(11)12)1-2-8(7)10/h1-3,9-10H,4-5H2,(H,11,12)/p-1. The van der Waals surface area contributed by atoms with Crippen molar-refractivity contribution >= 4 is 11.1 Å². The monoisotopic (exact) mass is 201 g/mol.